The molecule has 2 aromatic heterocycles. The molecule has 2 N–H and O–H groups in total. The summed E-state index contributed by atoms with van der Waals surface area (Å²) in [5, 5.41) is 10.8. The number of nitrogens with zero attached hydrogens (tertiary/aromatic N) is 3. The summed E-state index contributed by atoms with van der Waals surface area (Å²) >= 11 is 0. The van der Waals surface area contributed by atoms with Crippen molar-refractivity contribution in [1.29, 1.82) is 0 Å². The Morgan fingerprint density at radius 2 is 1.86 bits per heavy atom. The lowest BCUT2D eigenvalue weighted by atomic mass is 9.90. The molecular formula is C27H35N5O3. The summed E-state index contributed by atoms with van der Waals surface area (Å²) in [7, 11) is 1.33. The number of aromatic nitrogens is 3. The van der Waals surface area contributed by atoms with E-state index in [-0.39, 0.29) is 36.3 Å². The van der Waals surface area contributed by atoms with E-state index in [0.29, 0.717) is 5.56 Å². The van der Waals surface area contributed by atoms with E-state index in [2.05, 4.69) is 48.2 Å². The van der Waals surface area contributed by atoms with Crippen LogP contribution in [-0.4, -0.2) is 40.3 Å². The minimum atomic E-state index is -0.353. The number of rotatable bonds is 10. The third kappa shape index (κ3) is 7.15. The van der Waals surface area contributed by atoms with Gasteiger partial charge in [0.25, 0.3) is 5.91 Å². The normalized spacial score (nSPS) is 12.1. The maximum atomic E-state index is 12.4. The van der Waals surface area contributed by atoms with Crippen LogP contribution < -0.4 is 10.6 Å². The van der Waals surface area contributed by atoms with Crippen LogP contribution in [0.15, 0.2) is 54.9 Å². The van der Waals surface area contributed by atoms with E-state index in [1.165, 1.54) is 7.11 Å². The molecule has 3 aromatic rings. The van der Waals surface area contributed by atoms with Gasteiger partial charge in [-0.15, -0.1) is 0 Å². The Bertz CT molecular complexity index is 1130. The summed E-state index contributed by atoms with van der Waals surface area (Å²) in [5.74, 6) is 0.941. The number of esters is 1. The van der Waals surface area contributed by atoms with Crippen molar-refractivity contribution in [2.24, 2.45) is 0 Å². The van der Waals surface area contributed by atoms with Gasteiger partial charge in [-0.05, 0) is 47.2 Å². The molecule has 3 rings (SSSR count). The van der Waals surface area contributed by atoms with Crippen LogP contribution in [0.5, 0.6) is 0 Å². The first-order valence-electron chi connectivity index (χ1n) is 12.0. The second-order valence-corrected chi connectivity index (χ2v) is 9.49. The molecule has 0 radical (unpaired) electrons. The van der Waals surface area contributed by atoms with Crippen LogP contribution in [-0.2, 0) is 14.9 Å². The van der Waals surface area contributed by atoms with Gasteiger partial charge in [-0.2, -0.15) is 5.10 Å². The van der Waals surface area contributed by atoms with Crippen molar-refractivity contribution in [1.82, 2.24) is 20.1 Å². The highest BCUT2D eigenvalue weighted by atomic mass is 16.5. The van der Waals surface area contributed by atoms with E-state index in [4.69, 9.17) is 4.98 Å². The van der Waals surface area contributed by atoms with Gasteiger partial charge in [0.2, 0.25) is 0 Å². The molecule has 0 bridgehead atoms. The van der Waals surface area contributed by atoms with E-state index in [1.54, 1.807) is 16.8 Å². The van der Waals surface area contributed by atoms with Gasteiger partial charge in [0.05, 0.1) is 25.8 Å². The van der Waals surface area contributed by atoms with Crippen LogP contribution in [0.25, 0.3) is 5.82 Å². The molecule has 1 amide bonds. The third-order valence-corrected chi connectivity index (χ3v) is 5.73. The third-order valence-electron chi connectivity index (χ3n) is 5.73. The topological polar surface area (TPSA) is 98.1 Å². The Labute approximate surface area is 207 Å². The van der Waals surface area contributed by atoms with E-state index in [1.807, 2.05) is 42.7 Å². The monoisotopic (exact) mass is 477 g/mol. The standard InChI is InChI=1S/C27H35N5O3/c1-6-8-22(19-11-13-20(14-12-19)26(34)28-16-15-25(33)35-5)30-23-9-7-10-24(31-23)32-18-21(17-29-32)27(2,3)4/h7,9-14,17-18,22H,6,8,15-16H2,1-5H3,(H,28,34)(H,30,31). The van der Waals surface area contributed by atoms with Crippen molar-refractivity contribution in [3.8, 4) is 5.82 Å². The van der Waals surface area contributed by atoms with Gasteiger partial charge in [0, 0.05) is 18.3 Å². The van der Waals surface area contributed by atoms with Gasteiger partial charge in [0.15, 0.2) is 5.82 Å². The van der Waals surface area contributed by atoms with Crippen LogP contribution in [0.1, 0.15) is 74.5 Å². The zero-order valence-corrected chi connectivity index (χ0v) is 21.2. The lowest BCUT2D eigenvalue weighted by molar-refractivity contribution is -0.140. The summed E-state index contributed by atoms with van der Waals surface area (Å²) in [6.07, 6.45) is 5.94. The number of carbonyl (C=O) groups excluding carboxylic acids is 2. The first kappa shape index (κ1) is 25.9. The van der Waals surface area contributed by atoms with Gasteiger partial charge in [0.1, 0.15) is 5.82 Å². The minimum absolute atomic E-state index is 0.0186. The molecule has 0 fully saturated rings. The van der Waals surface area contributed by atoms with Gasteiger partial charge in [-0.1, -0.05) is 52.3 Å². The van der Waals surface area contributed by atoms with E-state index in [9.17, 15) is 9.59 Å². The van der Waals surface area contributed by atoms with Crippen LogP contribution in [0, 0.1) is 0 Å². The maximum Gasteiger partial charge on any atom is 0.307 e. The summed E-state index contributed by atoms with van der Waals surface area (Å²) in [6, 6.07) is 13.4. The molecule has 8 heteroatoms. The lowest BCUT2D eigenvalue weighted by Gasteiger charge is -2.20. The molecule has 1 aromatic carbocycles. The Balaban J connectivity index is 1.70. The Hall–Kier alpha value is -3.68. The maximum absolute atomic E-state index is 12.4. The van der Waals surface area contributed by atoms with Gasteiger partial charge in [-0.25, -0.2) is 9.67 Å². The molecule has 0 aliphatic rings. The van der Waals surface area contributed by atoms with Crippen molar-refractivity contribution < 1.29 is 14.3 Å². The number of methoxy groups -OCH3 is 1. The fraction of sp³-hybridized carbons (Fsp3) is 0.407. The lowest BCUT2D eigenvalue weighted by Crippen LogP contribution is -2.26. The number of amides is 1. The Kier molecular flexibility index (Phi) is 8.63. The zero-order chi connectivity index (χ0) is 25.4. The number of benzene rings is 1. The number of hydrogen-bond acceptors (Lipinski definition) is 6. The van der Waals surface area contributed by atoms with Crippen LogP contribution >= 0.6 is 0 Å². The fourth-order valence-corrected chi connectivity index (χ4v) is 3.61. The summed E-state index contributed by atoms with van der Waals surface area (Å²) in [6.45, 7) is 8.85. The second kappa shape index (κ2) is 11.6. The van der Waals surface area contributed by atoms with Crippen LogP contribution in [0.3, 0.4) is 0 Å². The van der Waals surface area contributed by atoms with Crippen molar-refractivity contribution in [3.63, 3.8) is 0 Å². The van der Waals surface area contributed by atoms with Gasteiger partial charge >= 0.3 is 5.97 Å². The second-order valence-electron chi connectivity index (χ2n) is 9.49. The highest BCUT2D eigenvalue weighted by Gasteiger charge is 2.17. The van der Waals surface area contributed by atoms with E-state index >= 15 is 0 Å². The average molecular weight is 478 g/mol. The number of nitrogens with one attached hydrogen (secondary N) is 2. The Morgan fingerprint density at radius 1 is 1.11 bits per heavy atom. The number of anilines is 1. The van der Waals surface area contributed by atoms with Gasteiger partial charge < -0.3 is 15.4 Å². The average Bonchev–Trinajstić information content (AvgIpc) is 3.35. The van der Waals surface area contributed by atoms with E-state index in [0.717, 1.165) is 35.6 Å². The Morgan fingerprint density at radius 3 is 2.49 bits per heavy atom. The molecule has 1 atom stereocenters. The first-order chi connectivity index (χ1) is 16.7. The van der Waals surface area contributed by atoms with Crippen molar-refractivity contribution in [3.05, 3.63) is 71.5 Å². The molecule has 0 saturated heterocycles. The molecule has 0 aliphatic heterocycles. The molecule has 1 unspecified atom stereocenters. The molecular weight excluding hydrogens is 442 g/mol. The van der Waals surface area contributed by atoms with E-state index < -0.39 is 0 Å². The van der Waals surface area contributed by atoms with Crippen molar-refractivity contribution in [2.75, 3.05) is 19.0 Å². The number of pyridine rings is 1. The molecule has 0 aliphatic carbocycles. The highest BCUT2D eigenvalue weighted by molar-refractivity contribution is 5.94. The SMILES string of the molecule is CCCC(Nc1cccc(-n2cc(C(C)(C)C)cn2)n1)c1ccc(C(=O)NCCC(=O)OC)cc1. The first-order valence-corrected chi connectivity index (χ1v) is 12.0. The number of ether oxygens (including phenoxy) is 1. The molecule has 0 saturated carbocycles. The molecule has 2 heterocycles. The van der Waals surface area contributed by atoms with Crippen LogP contribution in [0.2, 0.25) is 0 Å². The summed E-state index contributed by atoms with van der Waals surface area (Å²) in [5.41, 5.74) is 2.78. The number of hydrogen-bond donors (Lipinski definition) is 2. The number of carbonyl (C=O) groups is 2. The van der Waals surface area contributed by atoms with Crippen LogP contribution in [0.4, 0.5) is 5.82 Å². The molecule has 186 valence electrons. The zero-order valence-electron chi connectivity index (χ0n) is 21.2. The van der Waals surface area contributed by atoms with Crippen molar-refractivity contribution >= 4 is 17.7 Å². The molecule has 35 heavy (non-hydrogen) atoms. The summed E-state index contributed by atoms with van der Waals surface area (Å²) < 4.78 is 6.39. The predicted molar refractivity (Wildman–Crippen MR) is 137 cm³/mol. The molecule has 0 spiro atoms. The quantitative estimate of drug-likeness (QED) is 0.407. The highest BCUT2D eigenvalue weighted by Crippen LogP contribution is 2.25. The summed E-state index contributed by atoms with van der Waals surface area (Å²) in [4.78, 5) is 28.3. The van der Waals surface area contributed by atoms with Crippen molar-refractivity contribution in [2.45, 2.75) is 58.4 Å². The minimum Gasteiger partial charge on any atom is -0.469 e. The molecule has 8 nitrogen and oxygen atoms in total. The fourth-order valence-electron chi connectivity index (χ4n) is 3.61. The predicted octanol–water partition coefficient (Wildman–Crippen LogP) is 4.81. The van der Waals surface area contributed by atoms with Gasteiger partial charge in [-0.3, -0.25) is 9.59 Å². The smallest absolute Gasteiger partial charge is 0.307 e. The largest absolute Gasteiger partial charge is 0.469 e.